The lowest BCUT2D eigenvalue weighted by atomic mass is 10.1. The first-order valence-corrected chi connectivity index (χ1v) is 6.52. The summed E-state index contributed by atoms with van der Waals surface area (Å²) in [5, 5.41) is 0. The standard InChI is InChI=1S/C16H16FNO3/c1-3-20-16(19)12-9-11(5-7-14(12)18)21-15-8-10(2)4-6-13(15)17/h4-9H,3,18H2,1-2H3. The number of nitrogen functional groups attached to an aromatic ring is 1. The van der Waals surface area contributed by atoms with Gasteiger partial charge in [-0.05, 0) is 49.7 Å². The minimum atomic E-state index is -0.537. The summed E-state index contributed by atoms with van der Waals surface area (Å²) in [7, 11) is 0. The first-order chi connectivity index (χ1) is 10.0. The Kier molecular flexibility index (Phi) is 4.42. The van der Waals surface area contributed by atoms with Crippen LogP contribution >= 0.6 is 0 Å². The van der Waals surface area contributed by atoms with Crippen molar-refractivity contribution in [3.05, 3.63) is 53.3 Å². The maximum absolute atomic E-state index is 13.7. The van der Waals surface area contributed by atoms with Gasteiger partial charge in [-0.15, -0.1) is 0 Å². The molecule has 0 aromatic heterocycles. The van der Waals surface area contributed by atoms with Crippen LogP contribution in [0.15, 0.2) is 36.4 Å². The third-order valence-electron chi connectivity index (χ3n) is 2.83. The van der Waals surface area contributed by atoms with Crippen LogP contribution in [0.5, 0.6) is 11.5 Å². The van der Waals surface area contributed by atoms with Gasteiger partial charge in [-0.25, -0.2) is 9.18 Å². The highest BCUT2D eigenvalue weighted by molar-refractivity contribution is 5.95. The number of halogens is 1. The fourth-order valence-electron chi connectivity index (χ4n) is 1.80. The summed E-state index contributed by atoms with van der Waals surface area (Å²) in [6.07, 6.45) is 0. The number of nitrogens with two attached hydrogens (primary N) is 1. The molecule has 0 amide bonds. The van der Waals surface area contributed by atoms with Crippen LogP contribution in [0.2, 0.25) is 0 Å². The predicted molar refractivity (Wildman–Crippen MR) is 78.0 cm³/mol. The van der Waals surface area contributed by atoms with E-state index >= 15 is 0 Å². The van der Waals surface area contributed by atoms with Crippen molar-refractivity contribution in [3.8, 4) is 11.5 Å². The van der Waals surface area contributed by atoms with Crippen molar-refractivity contribution >= 4 is 11.7 Å². The summed E-state index contributed by atoms with van der Waals surface area (Å²) in [6.45, 7) is 3.78. The normalized spacial score (nSPS) is 10.2. The first kappa shape index (κ1) is 14.8. The first-order valence-electron chi connectivity index (χ1n) is 6.52. The van der Waals surface area contributed by atoms with E-state index in [0.29, 0.717) is 5.75 Å². The van der Waals surface area contributed by atoms with E-state index in [1.165, 1.54) is 18.2 Å². The molecule has 2 N–H and O–H groups in total. The second-order valence-electron chi connectivity index (χ2n) is 4.51. The molecule has 0 atom stereocenters. The van der Waals surface area contributed by atoms with Gasteiger partial charge in [0.25, 0.3) is 0 Å². The van der Waals surface area contributed by atoms with Gasteiger partial charge in [0.2, 0.25) is 0 Å². The number of ether oxygens (including phenoxy) is 2. The van der Waals surface area contributed by atoms with Crippen molar-refractivity contribution in [1.29, 1.82) is 0 Å². The highest BCUT2D eigenvalue weighted by Crippen LogP contribution is 2.28. The van der Waals surface area contributed by atoms with Crippen LogP contribution in [0.3, 0.4) is 0 Å². The molecule has 110 valence electrons. The maximum atomic E-state index is 13.7. The molecule has 0 saturated heterocycles. The van der Waals surface area contributed by atoms with Gasteiger partial charge >= 0.3 is 5.97 Å². The van der Waals surface area contributed by atoms with Gasteiger partial charge in [0.15, 0.2) is 11.6 Å². The smallest absolute Gasteiger partial charge is 0.340 e. The minimum Gasteiger partial charge on any atom is -0.462 e. The van der Waals surface area contributed by atoms with Crippen molar-refractivity contribution in [2.45, 2.75) is 13.8 Å². The van der Waals surface area contributed by atoms with Crippen molar-refractivity contribution < 1.29 is 18.7 Å². The number of carbonyl (C=O) groups excluding carboxylic acids is 1. The van der Waals surface area contributed by atoms with Crippen LogP contribution in [0.25, 0.3) is 0 Å². The Labute approximate surface area is 122 Å². The predicted octanol–water partition coefficient (Wildman–Crippen LogP) is 3.69. The summed E-state index contributed by atoms with van der Waals surface area (Å²) in [5.74, 6) is -0.605. The number of benzene rings is 2. The van der Waals surface area contributed by atoms with E-state index < -0.39 is 11.8 Å². The molecule has 2 rings (SSSR count). The van der Waals surface area contributed by atoms with Crippen LogP contribution in [0, 0.1) is 12.7 Å². The highest BCUT2D eigenvalue weighted by atomic mass is 19.1. The van der Waals surface area contributed by atoms with Crippen LogP contribution in [0.1, 0.15) is 22.8 Å². The van der Waals surface area contributed by atoms with Gasteiger partial charge < -0.3 is 15.2 Å². The number of rotatable bonds is 4. The molecule has 0 aliphatic carbocycles. The minimum absolute atomic E-state index is 0.0922. The lowest BCUT2D eigenvalue weighted by Crippen LogP contribution is -2.08. The maximum Gasteiger partial charge on any atom is 0.340 e. The lowest BCUT2D eigenvalue weighted by molar-refractivity contribution is 0.0527. The molecule has 2 aromatic rings. The van der Waals surface area contributed by atoms with E-state index in [0.717, 1.165) is 5.56 Å². The molecule has 0 spiro atoms. The molecular weight excluding hydrogens is 273 g/mol. The monoisotopic (exact) mass is 289 g/mol. The van der Waals surface area contributed by atoms with Crippen molar-refractivity contribution in [1.82, 2.24) is 0 Å². The Morgan fingerprint density at radius 1 is 1.24 bits per heavy atom. The summed E-state index contributed by atoms with van der Waals surface area (Å²) in [4.78, 5) is 11.8. The molecule has 0 aliphatic heterocycles. The highest BCUT2D eigenvalue weighted by Gasteiger charge is 2.13. The number of hydrogen-bond acceptors (Lipinski definition) is 4. The molecule has 2 aromatic carbocycles. The van der Waals surface area contributed by atoms with E-state index in [9.17, 15) is 9.18 Å². The fourth-order valence-corrected chi connectivity index (χ4v) is 1.80. The molecular formula is C16H16FNO3. The molecule has 0 heterocycles. The number of carbonyl (C=O) groups is 1. The fraction of sp³-hybridized carbons (Fsp3) is 0.188. The Balaban J connectivity index is 2.31. The Morgan fingerprint density at radius 3 is 2.71 bits per heavy atom. The molecule has 21 heavy (non-hydrogen) atoms. The van der Waals surface area contributed by atoms with Gasteiger partial charge in [-0.3, -0.25) is 0 Å². The van der Waals surface area contributed by atoms with Crippen LogP contribution in [-0.2, 0) is 4.74 Å². The number of esters is 1. The summed E-state index contributed by atoms with van der Waals surface area (Å²) < 4.78 is 24.1. The van der Waals surface area contributed by atoms with E-state index in [1.807, 2.05) is 6.92 Å². The zero-order valence-corrected chi connectivity index (χ0v) is 11.9. The van der Waals surface area contributed by atoms with E-state index in [-0.39, 0.29) is 23.6 Å². The number of anilines is 1. The molecule has 0 saturated carbocycles. The van der Waals surface area contributed by atoms with Crippen molar-refractivity contribution in [3.63, 3.8) is 0 Å². The molecule has 0 bridgehead atoms. The third kappa shape index (κ3) is 3.51. The third-order valence-corrected chi connectivity index (χ3v) is 2.83. The second kappa shape index (κ2) is 6.26. The molecule has 0 fully saturated rings. The van der Waals surface area contributed by atoms with E-state index in [1.54, 1.807) is 25.1 Å². The lowest BCUT2D eigenvalue weighted by Gasteiger charge is -2.10. The molecule has 5 heteroatoms. The zero-order valence-electron chi connectivity index (χ0n) is 11.9. The van der Waals surface area contributed by atoms with Gasteiger partial charge in [0, 0.05) is 5.69 Å². The van der Waals surface area contributed by atoms with Gasteiger partial charge in [-0.2, -0.15) is 0 Å². The average molecular weight is 289 g/mol. The van der Waals surface area contributed by atoms with Gasteiger partial charge in [0.05, 0.1) is 12.2 Å². The average Bonchev–Trinajstić information content (AvgIpc) is 2.45. The molecule has 0 unspecified atom stereocenters. The van der Waals surface area contributed by atoms with Crippen molar-refractivity contribution in [2.75, 3.05) is 12.3 Å². The van der Waals surface area contributed by atoms with Crippen LogP contribution < -0.4 is 10.5 Å². The number of aryl methyl sites for hydroxylation is 1. The van der Waals surface area contributed by atoms with E-state index in [4.69, 9.17) is 15.2 Å². The molecule has 0 radical (unpaired) electrons. The Morgan fingerprint density at radius 2 is 2.00 bits per heavy atom. The second-order valence-corrected chi connectivity index (χ2v) is 4.51. The topological polar surface area (TPSA) is 61.5 Å². The van der Waals surface area contributed by atoms with Gasteiger partial charge in [0.1, 0.15) is 5.75 Å². The quantitative estimate of drug-likeness (QED) is 0.689. The van der Waals surface area contributed by atoms with Crippen LogP contribution in [-0.4, -0.2) is 12.6 Å². The summed E-state index contributed by atoms with van der Waals surface area (Å²) >= 11 is 0. The number of hydrogen-bond donors (Lipinski definition) is 1. The Bertz CT molecular complexity index is 671. The Hall–Kier alpha value is -2.56. The summed E-state index contributed by atoms with van der Waals surface area (Å²) in [5.41, 5.74) is 7.09. The summed E-state index contributed by atoms with van der Waals surface area (Å²) in [6, 6.07) is 9.09. The molecule has 0 aliphatic rings. The van der Waals surface area contributed by atoms with E-state index in [2.05, 4.69) is 0 Å². The van der Waals surface area contributed by atoms with Crippen molar-refractivity contribution in [2.24, 2.45) is 0 Å². The zero-order chi connectivity index (χ0) is 15.4. The largest absolute Gasteiger partial charge is 0.462 e. The van der Waals surface area contributed by atoms with Crippen LogP contribution in [0.4, 0.5) is 10.1 Å². The SMILES string of the molecule is CCOC(=O)c1cc(Oc2cc(C)ccc2F)ccc1N. The van der Waals surface area contributed by atoms with Gasteiger partial charge in [-0.1, -0.05) is 6.07 Å². The molecule has 4 nitrogen and oxygen atoms in total.